The summed E-state index contributed by atoms with van der Waals surface area (Å²) in [6.07, 6.45) is 0.396. The molecule has 0 amide bonds. The van der Waals surface area contributed by atoms with Crippen molar-refractivity contribution in [3.8, 4) is 11.4 Å². The molecule has 7 heteroatoms. The van der Waals surface area contributed by atoms with Crippen molar-refractivity contribution in [2.45, 2.75) is 39.0 Å². The molecule has 0 saturated heterocycles. The number of phenolic OH excluding ortho intramolecular Hbond substituents is 1. The Labute approximate surface area is 159 Å². The molecule has 1 aromatic heterocycles. The maximum absolute atomic E-state index is 10.9. The Kier molecular flexibility index (Phi) is 4.75. The van der Waals surface area contributed by atoms with Crippen molar-refractivity contribution in [2.24, 2.45) is 0 Å². The molecule has 3 rings (SSSR count). The van der Waals surface area contributed by atoms with Gasteiger partial charge in [0.05, 0.1) is 0 Å². The summed E-state index contributed by atoms with van der Waals surface area (Å²) in [5, 5.41) is 28.7. The van der Waals surface area contributed by atoms with E-state index in [1.807, 2.05) is 45.0 Å². The van der Waals surface area contributed by atoms with E-state index in [4.69, 9.17) is 5.11 Å². The van der Waals surface area contributed by atoms with E-state index in [1.54, 1.807) is 6.07 Å². The quantitative estimate of drug-likeness (QED) is 0.663. The highest BCUT2D eigenvalue weighted by Crippen LogP contribution is 2.36. The minimum absolute atomic E-state index is 0.0231. The van der Waals surface area contributed by atoms with Crippen LogP contribution in [0.25, 0.3) is 16.7 Å². The molecule has 0 saturated carbocycles. The SMILES string of the molecule is CC(C)(C)c1cc(CCC(=O)O)cc(-n2nc3ccc(Br)cc3n2)c1O. The average molecular weight is 418 g/mol. The minimum atomic E-state index is -0.857. The second-order valence-electron chi connectivity index (χ2n) is 7.28. The lowest BCUT2D eigenvalue weighted by Gasteiger charge is -2.23. The van der Waals surface area contributed by atoms with Crippen LogP contribution < -0.4 is 0 Å². The first kappa shape index (κ1) is 18.4. The molecule has 0 aliphatic heterocycles. The molecule has 2 aromatic carbocycles. The van der Waals surface area contributed by atoms with Gasteiger partial charge in [-0.15, -0.1) is 15.0 Å². The normalized spacial score (nSPS) is 11.8. The highest BCUT2D eigenvalue weighted by Gasteiger charge is 2.23. The molecule has 3 aromatic rings. The zero-order chi connectivity index (χ0) is 19.1. The number of aryl methyl sites for hydroxylation is 1. The van der Waals surface area contributed by atoms with Crippen LogP contribution in [0.5, 0.6) is 5.75 Å². The van der Waals surface area contributed by atoms with Gasteiger partial charge in [0.2, 0.25) is 0 Å². The fourth-order valence-corrected chi connectivity index (χ4v) is 3.14. The number of rotatable bonds is 4. The maximum Gasteiger partial charge on any atom is 0.303 e. The van der Waals surface area contributed by atoms with Crippen molar-refractivity contribution in [3.63, 3.8) is 0 Å². The van der Waals surface area contributed by atoms with Crippen LogP contribution in [-0.4, -0.2) is 31.2 Å². The Balaban J connectivity index is 2.16. The fourth-order valence-electron chi connectivity index (χ4n) is 2.79. The average Bonchev–Trinajstić information content (AvgIpc) is 2.95. The Morgan fingerprint density at radius 3 is 2.50 bits per heavy atom. The van der Waals surface area contributed by atoms with Crippen LogP contribution in [-0.2, 0) is 16.6 Å². The van der Waals surface area contributed by atoms with Gasteiger partial charge in [-0.3, -0.25) is 4.79 Å². The number of nitrogens with zero attached hydrogens (tertiary/aromatic N) is 3. The van der Waals surface area contributed by atoms with Gasteiger partial charge in [0, 0.05) is 16.5 Å². The number of benzene rings is 2. The molecular formula is C19H20BrN3O3. The van der Waals surface area contributed by atoms with Gasteiger partial charge >= 0.3 is 5.97 Å². The second kappa shape index (κ2) is 6.72. The summed E-state index contributed by atoms with van der Waals surface area (Å²) in [4.78, 5) is 12.4. The molecule has 0 atom stereocenters. The first-order chi connectivity index (χ1) is 12.1. The first-order valence-electron chi connectivity index (χ1n) is 8.26. The standard InChI is InChI=1S/C19H20BrN3O3/c1-19(2,3)13-8-11(4-7-17(24)25)9-16(18(13)26)23-21-14-6-5-12(20)10-15(14)22-23/h5-6,8-10,26H,4,7H2,1-3H3,(H,24,25). The number of halogens is 1. The predicted octanol–water partition coefficient (Wildman–Crippen LogP) is 4.20. The molecule has 0 spiro atoms. The van der Waals surface area contributed by atoms with Crippen LogP contribution in [0.4, 0.5) is 0 Å². The van der Waals surface area contributed by atoms with Gasteiger partial charge in [-0.2, -0.15) is 0 Å². The third kappa shape index (κ3) is 3.72. The molecule has 0 radical (unpaired) electrons. The first-order valence-corrected chi connectivity index (χ1v) is 9.05. The van der Waals surface area contributed by atoms with Crippen molar-refractivity contribution in [1.29, 1.82) is 0 Å². The number of aromatic hydroxyl groups is 1. The summed E-state index contributed by atoms with van der Waals surface area (Å²) in [6, 6.07) is 9.20. The van der Waals surface area contributed by atoms with Gasteiger partial charge in [0.1, 0.15) is 22.5 Å². The number of aromatic nitrogens is 3. The topological polar surface area (TPSA) is 88.2 Å². The molecule has 0 bridgehead atoms. The van der Waals surface area contributed by atoms with E-state index in [9.17, 15) is 9.90 Å². The van der Waals surface area contributed by atoms with Gasteiger partial charge in [0.25, 0.3) is 0 Å². The third-order valence-corrected chi connectivity index (χ3v) is 4.64. The van der Waals surface area contributed by atoms with Crippen LogP contribution >= 0.6 is 15.9 Å². The number of hydrogen-bond donors (Lipinski definition) is 2. The fraction of sp³-hybridized carbons (Fsp3) is 0.316. The summed E-state index contributed by atoms with van der Waals surface area (Å²) in [6.45, 7) is 5.99. The third-order valence-electron chi connectivity index (χ3n) is 4.14. The Hall–Kier alpha value is -2.41. The van der Waals surface area contributed by atoms with Crippen LogP contribution in [0.2, 0.25) is 0 Å². The Morgan fingerprint density at radius 2 is 1.85 bits per heavy atom. The van der Waals surface area contributed by atoms with E-state index >= 15 is 0 Å². The van der Waals surface area contributed by atoms with Crippen LogP contribution in [0, 0.1) is 0 Å². The highest BCUT2D eigenvalue weighted by atomic mass is 79.9. The lowest BCUT2D eigenvalue weighted by molar-refractivity contribution is -0.136. The number of phenols is 1. The molecule has 0 unspecified atom stereocenters. The Morgan fingerprint density at radius 1 is 1.15 bits per heavy atom. The van der Waals surface area contributed by atoms with Gasteiger partial charge in [-0.25, -0.2) is 0 Å². The lowest BCUT2D eigenvalue weighted by atomic mass is 9.84. The van der Waals surface area contributed by atoms with Crippen molar-refractivity contribution in [2.75, 3.05) is 0 Å². The van der Waals surface area contributed by atoms with Crippen LogP contribution in [0.3, 0.4) is 0 Å². The van der Waals surface area contributed by atoms with Crippen molar-refractivity contribution < 1.29 is 15.0 Å². The maximum atomic E-state index is 10.9. The summed E-state index contributed by atoms with van der Waals surface area (Å²) < 4.78 is 0.895. The molecule has 26 heavy (non-hydrogen) atoms. The number of carbonyl (C=O) groups is 1. The molecule has 1 heterocycles. The van der Waals surface area contributed by atoms with Crippen molar-refractivity contribution in [3.05, 3.63) is 45.9 Å². The van der Waals surface area contributed by atoms with Gasteiger partial charge in [0.15, 0.2) is 0 Å². The van der Waals surface area contributed by atoms with Crippen molar-refractivity contribution >= 4 is 32.9 Å². The number of aliphatic carboxylic acids is 1. The molecule has 0 fully saturated rings. The van der Waals surface area contributed by atoms with Crippen molar-refractivity contribution in [1.82, 2.24) is 15.0 Å². The van der Waals surface area contributed by atoms with Crippen LogP contribution in [0.15, 0.2) is 34.8 Å². The molecule has 6 nitrogen and oxygen atoms in total. The zero-order valence-electron chi connectivity index (χ0n) is 14.8. The molecule has 2 N–H and O–H groups in total. The van der Waals surface area contributed by atoms with E-state index in [1.165, 1.54) is 4.80 Å². The second-order valence-corrected chi connectivity index (χ2v) is 8.19. The number of carboxylic acids is 1. The summed E-state index contributed by atoms with van der Waals surface area (Å²) >= 11 is 3.41. The molecule has 0 aliphatic carbocycles. The number of hydrogen-bond acceptors (Lipinski definition) is 4. The summed E-state index contributed by atoms with van der Waals surface area (Å²) in [5.74, 6) is -0.749. The molecule has 136 valence electrons. The number of carboxylic acid groups (broad SMARTS) is 1. The summed E-state index contributed by atoms with van der Waals surface area (Å²) in [7, 11) is 0. The Bertz CT molecular complexity index is 990. The van der Waals surface area contributed by atoms with Gasteiger partial charge in [-0.1, -0.05) is 42.8 Å². The highest BCUT2D eigenvalue weighted by molar-refractivity contribution is 9.10. The van der Waals surface area contributed by atoms with E-state index < -0.39 is 5.97 Å². The predicted molar refractivity (Wildman–Crippen MR) is 103 cm³/mol. The van der Waals surface area contributed by atoms with Crippen LogP contribution in [0.1, 0.15) is 38.3 Å². The number of fused-ring (bicyclic) bond motifs is 1. The van der Waals surface area contributed by atoms with E-state index in [-0.39, 0.29) is 17.6 Å². The van der Waals surface area contributed by atoms with E-state index in [0.29, 0.717) is 23.1 Å². The zero-order valence-corrected chi connectivity index (χ0v) is 16.4. The molecule has 0 aliphatic rings. The largest absolute Gasteiger partial charge is 0.505 e. The van der Waals surface area contributed by atoms with E-state index in [0.717, 1.165) is 15.6 Å². The smallest absolute Gasteiger partial charge is 0.303 e. The monoisotopic (exact) mass is 417 g/mol. The van der Waals surface area contributed by atoms with Gasteiger partial charge < -0.3 is 10.2 Å². The molecular weight excluding hydrogens is 398 g/mol. The minimum Gasteiger partial charge on any atom is -0.505 e. The lowest BCUT2D eigenvalue weighted by Crippen LogP contribution is -2.14. The summed E-state index contributed by atoms with van der Waals surface area (Å²) in [5.41, 5.74) is 3.11. The van der Waals surface area contributed by atoms with Gasteiger partial charge in [-0.05, 0) is 41.7 Å². The van der Waals surface area contributed by atoms with E-state index in [2.05, 4.69) is 26.1 Å².